The summed E-state index contributed by atoms with van der Waals surface area (Å²) in [4.78, 5) is 27.0. The first-order valence-corrected chi connectivity index (χ1v) is 11.9. The van der Waals surface area contributed by atoms with Crippen molar-refractivity contribution >= 4 is 12.0 Å². The Bertz CT molecular complexity index is 1300. The van der Waals surface area contributed by atoms with Crippen LogP contribution in [0.3, 0.4) is 0 Å². The van der Waals surface area contributed by atoms with E-state index < -0.39 is 41.5 Å². The molecule has 202 valence electrons. The third-order valence-electron chi connectivity index (χ3n) is 5.44. The summed E-state index contributed by atoms with van der Waals surface area (Å²) in [6.07, 6.45) is -1.29. The standard InChI is InChI=1S/C27H30F2N4O5/c1-15(2)7-23(26(34)35)38-25-22(29)12-21(28)24(33-25)37-20-10-17(14-32-27(36)31-3)9-19(11-20)18-6-4-5-16(8-18)13-30/h4-6,8-12,15,23H,7,13-14,30H2,1-3H3,(H,34,35)(H2,31,32,36). The number of halogens is 2. The minimum Gasteiger partial charge on any atom is -0.479 e. The minimum absolute atomic E-state index is 0.0577. The van der Waals surface area contributed by atoms with Crippen LogP contribution in [0.15, 0.2) is 48.5 Å². The molecule has 5 N–H and O–H groups in total. The number of ether oxygens (including phenoxy) is 2. The Morgan fingerprint density at radius 3 is 2.39 bits per heavy atom. The van der Waals surface area contributed by atoms with E-state index in [1.807, 2.05) is 30.3 Å². The molecule has 11 heteroatoms. The molecule has 0 aliphatic carbocycles. The lowest BCUT2D eigenvalue weighted by Gasteiger charge is -2.17. The molecule has 0 saturated heterocycles. The molecule has 2 aromatic carbocycles. The van der Waals surface area contributed by atoms with Gasteiger partial charge < -0.3 is 30.9 Å². The number of aromatic nitrogens is 1. The SMILES string of the molecule is CNC(=O)NCc1cc(Oc2nc(OC(CC(C)C)C(=O)O)c(F)cc2F)cc(-c2cccc(CN)c2)c1. The van der Waals surface area contributed by atoms with Crippen molar-refractivity contribution in [3.8, 4) is 28.6 Å². The van der Waals surface area contributed by atoms with E-state index in [0.717, 1.165) is 11.1 Å². The van der Waals surface area contributed by atoms with Crippen LogP contribution in [0.2, 0.25) is 0 Å². The van der Waals surface area contributed by atoms with Gasteiger partial charge in [0.15, 0.2) is 17.7 Å². The Balaban J connectivity index is 1.99. The van der Waals surface area contributed by atoms with E-state index in [4.69, 9.17) is 15.2 Å². The average Bonchev–Trinajstić information content (AvgIpc) is 2.89. The third-order valence-corrected chi connectivity index (χ3v) is 5.44. The Labute approximate surface area is 219 Å². The Morgan fingerprint density at radius 2 is 1.74 bits per heavy atom. The summed E-state index contributed by atoms with van der Waals surface area (Å²) in [5.41, 5.74) is 8.77. The van der Waals surface area contributed by atoms with E-state index in [-0.39, 0.29) is 24.6 Å². The Morgan fingerprint density at radius 1 is 1.03 bits per heavy atom. The van der Waals surface area contributed by atoms with E-state index in [9.17, 15) is 23.5 Å². The molecular weight excluding hydrogens is 498 g/mol. The number of rotatable bonds is 11. The largest absolute Gasteiger partial charge is 0.479 e. The maximum atomic E-state index is 14.7. The summed E-state index contributed by atoms with van der Waals surface area (Å²) in [7, 11) is 1.48. The molecule has 1 unspecified atom stereocenters. The highest BCUT2D eigenvalue weighted by molar-refractivity contribution is 5.74. The number of carbonyl (C=O) groups is 2. The first kappa shape index (κ1) is 28.3. The van der Waals surface area contributed by atoms with Gasteiger partial charge in [-0.15, -0.1) is 0 Å². The molecule has 0 aliphatic heterocycles. The molecule has 0 bridgehead atoms. The van der Waals surface area contributed by atoms with E-state index in [2.05, 4.69) is 15.6 Å². The zero-order valence-corrected chi connectivity index (χ0v) is 21.3. The van der Waals surface area contributed by atoms with Gasteiger partial charge >= 0.3 is 12.0 Å². The summed E-state index contributed by atoms with van der Waals surface area (Å²) in [6, 6.07) is 12.6. The van der Waals surface area contributed by atoms with Crippen LogP contribution in [0.4, 0.5) is 13.6 Å². The van der Waals surface area contributed by atoms with Gasteiger partial charge in [-0.25, -0.2) is 18.4 Å². The number of hydrogen-bond acceptors (Lipinski definition) is 6. The molecular formula is C27H30F2N4O5. The molecule has 3 rings (SSSR count). The second-order valence-corrected chi connectivity index (χ2v) is 8.94. The van der Waals surface area contributed by atoms with Crippen molar-refractivity contribution < 1.29 is 33.0 Å². The van der Waals surface area contributed by atoms with E-state index in [0.29, 0.717) is 23.7 Å². The molecule has 38 heavy (non-hydrogen) atoms. The molecule has 0 radical (unpaired) electrons. The Hall–Kier alpha value is -4.25. The van der Waals surface area contributed by atoms with Gasteiger partial charge in [0, 0.05) is 26.2 Å². The van der Waals surface area contributed by atoms with Crippen molar-refractivity contribution in [2.24, 2.45) is 11.7 Å². The summed E-state index contributed by atoms with van der Waals surface area (Å²) in [6.45, 7) is 4.03. The van der Waals surface area contributed by atoms with Crippen LogP contribution in [0, 0.1) is 17.6 Å². The maximum Gasteiger partial charge on any atom is 0.344 e. The van der Waals surface area contributed by atoms with Crippen molar-refractivity contribution in [3.05, 3.63) is 71.3 Å². The van der Waals surface area contributed by atoms with Crippen LogP contribution in [-0.2, 0) is 17.9 Å². The number of carboxylic acid groups (broad SMARTS) is 1. The number of nitrogens with one attached hydrogen (secondary N) is 2. The lowest BCUT2D eigenvalue weighted by Crippen LogP contribution is -2.32. The zero-order valence-electron chi connectivity index (χ0n) is 21.3. The highest BCUT2D eigenvalue weighted by Crippen LogP contribution is 2.32. The molecule has 1 aromatic heterocycles. The van der Waals surface area contributed by atoms with Crippen molar-refractivity contribution in [1.29, 1.82) is 0 Å². The van der Waals surface area contributed by atoms with Crippen LogP contribution < -0.4 is 25.8 Å². The topological polar surface area (TPSA) is 136 Å². The monoisotopic (exact) mass is 528 g/mol. The summed E-state index contributed by atoms with van der Waals surface area (Å²) in [5, 5.41) is 14.6. The van der Waals surface area contributed by atoms with Crippen LogP contribution in [0.5, 0.6) is 17.5 Å². The number of pyridine rings is 1. The minimum atomic E-state index is -1.38. The molecule has 1 atom stereocenters. The number of nitrogens with zero attached hydrogens (tertiary/aromatic N) is 1. The predicted octanol–water partition coefficient (Wildman–Crippen LogP) is 4.58. The van der Waals surface area contributed by atoms with Gasteiger partial charge in [-0.1, -0.05) is 32.0 Å². The Kier molecular flexibility index (Phi) is 9.55. The predicted molar refractivity (Wildman–Crippen MR) is 137 cm³/mol. The number of nitrogens with two attached hydrogens (primary N) is 1. The molecule has 3 aromatic rings. The zero-order chi connectivity index (χ0) is 27.8. The smallest absolute Gasteiger partial charge is 0.344 e. The van der Waals surface area contributed by atoms with Crippen LogP contribution >= 0.6 is 0 Å². The van der Waals surface area contributed by atoms with E-state index in [1.165, 1.54) is 7.05 Å². The van der Waals surface area contributed by atoms with E-state index >= 15 is 0 Å². The molecule has 1 heterocycles. The van der Waals surface area contributed by atoms with Crippen molar-refractivity contribution in [2.75, 3.05) is 7.05 Å². The first-order valence-electron chi connectivity index (χ1n) is 11.9. The fourth-order valence-corrected chi connectivity index (χ4v) is 3.60. The molecule has 0 saturated carbocycles. The van der Waals surface area contributed by atoms with Gasteiger partial charge in [0.05, 0.1) is 0 Å². The molecule has 0 aliphatic rings. The number of hydrogen-bond donors (Lipinski definition) is 4. The average molecular weight is 529 g/mol. The molecule has 0 spiro atoms. The quantitative estimate of drug-likeness (QED) is 0.286. The van der Waals surface area contributed by atoms with Crippen molar-refractivity contribution in [3.63, 3.8) is 0 Å². The van der Waals surface area contributed by atoms with Gasteiger partial charge in [0.25, 0.3) is 11.8 Å². The number of benzene rings is 2. The fraction of sp³-hybridized carbons (Fsp3) is 0.296. The summed E-state index contributed by atoms with van der Waals surface area (Å²) < 4.78 is 40.1. The second-order valence-electron chi connectivity index (χ2n) is 8.94. The van der Waals surface area contributed by atoms with Gasteiger partial charge in [-0.2, -0.15) is 4.98 Å². The second kappa shape index (κ2) is 12.8. The van der Waals surface area contributed by atoms with Gasteiger partial charge in [-0.05, 0) is 58.9 Å². The van der Waals surface area contributed by atoms with Gasteiger partial charge in [0.1, 0.15) is 5.75 Å². The maximum absolute atomic E-state index is 14.7. The number of amides is 2. The van der Waals surface area contributed by atoms with E-state index in [1.54, 1.807) is 26.0 Å². The first-order chi connectivity index (χ1) is 18.1. The lowest BCUT2D eigenvalue weighted by molar-refractivity contribution is -0.146. The van der Waals surface area contributed by atoms with Crippen LogP contribution in [-0.4, -0.2) is 35.2 Å². The summed E-state index contributed by atoms with van der Waals surface area (Å²) in [5.74, 6) is -4.77. The molecule has 0 fully saturated rings. The number of aliphatic carboxylic acids is 1. The van der Waals surface area contributed by atoms with Crippen molar-refractivity contribution in [2.45, 2.75) is 39.5 Å². The number of carbonyl (C=O) groups excluding carboxylic acids is 1. The number of urea groups is 1. The lowest BCUT2D eigenvalue weighted by atomic mass is 10.0. The third kappa shape index (κ3) is 7.62. The van der Waals surface area contributed by atoms with Crippen LogP contribution in [0.25, 0.3) is 11.1 Å². The van der Waals surface area contributed by atoms with Crippen molar-refractivity contribution in [1.82, 2.24) is 15.6 Å². The highest BCUT2D eigenvalue weighted by Gasteiger charge is 2.25. The van der Waals surface area contributed by atoms with Crippen LogP contribution in [0.1, 0.15) is 31.4 Å². The number of carboxylic acids is 1. The van der Waals surface area contributed by atoms with Gasteiger partial charge in [-0.3, -0.25) is 0 Å². The summed E-state index contributed by atoms with van der Waals surface area (Å²) >= 11 is 0. The molecule has 2 amide bonds. The fourth-order valence-electron chi connectivity index (χ4n) is 3.60. The van der Waals surface area contributed by atoms with Gasteiger partial charge in [0.2, 0.25) is 0 Å². The molecule has 9 nitrogen and oxygen atoms in total. The highest BCUT2D eigenvalue weighted by atomic mass is 19.1. The normalized spacial score (nSPS) is 11.7.